The molecule has 5 heteroatoms. The lowest BCUT2D eigenvalue weighted by molar-refractivity contribution is -0.683. The lowest BCUT2D eigenvalue weighted by atomic mass is 10.1. The largest absolute Gasteiger partial charge is 0.383 e. The summed E-state index contributed by atoms with van der Waals surface area (Å²) < 4.78 is 9.11. The highest BCUT2D eigenvalue weighted by Gasteiger charge is 2.21. The Hall–Kier alpha value is -2.27. The molecule has 0 aliphatic heterocycles. The van der Waals surface area contributed by atoms with Gasteiger partial charge in [0, 0.05) is 30.1 Å². The molecular weight excluding hydrogens is 304 g/mol. The van der Waals surface area contributed by atoms with Crippen LogP contribution in [0.1, 0.15) is 52.0 Å². The zero-order chi connectivity index (χ0) is 17.9. The topological polar surface area (TPSA) is 52.2 Å². The number of carbonyl (C=O) groups excluding carboxylic acids is 2. The Morgan fingerprint density at radius 1 is 1.33 bits per heavy atom. The van der Waals surface area contributed by atoms with Gasteiger partial charge >= 0.3 is 0 Å². The second-order valence-corrected chi connectivity index (χ2v) is 6.20. The summed E-state index contributed by atoms with van der Waals surface area (Å²) in [5.41, 5.74) is 3.31. The van der Waals surface area contributed by atoms with E-state index >= 15 is 0 Å². The number of hydrogen-bond acceptors (Lipinski definition) is 3. The zero-order valence-corrected chi connectivity index (χ0v) is 15.0. The van der Waals surface area contributed by atoms with Gasteiger partial charge in [0.1, 0.15) is 0 Å². The predicted molar refractivity (Wildman–Crippen MR) is 91.5 cm³/mol. The van der Waals surface area contributed by atoms with Gasteiger partial charge in [0.05, 0.1) is 18.2 Å². The van der Waals surface area contributed by atoms with Crippen LogP contribution >= 0.6 is 0 Å². The third-order valence-electron chi connectivity index (χ3n) is 4.22. The van der Waals surface area contributed by atoms with Crippen LogP contribution in [-0.2, 0) is 11.3 Å². The lowest BCUT2D eigenvalue weighted by Crippen LogP contribution is -2.38. The minimum atomic E-state index is -0.0108. The first kappa shape index (κ1) is 18.1. The number of ether oxygens (including phenoxy) is 1. The molecule has 0 radical (unpaired) electrons. The Labute approximate surface area is 142 Å². The van der Waals surface area contributed by atoms with Crippen LogP contribution in [0, 0.1) is 13.8 Å². The van der Waals surface area contributed by atoms with E-state index in [1.807, 2.05) is 19.9 Å². The van der Waals surface area contributed by atoms with E-state index < -0.39 is 0 Å². The average molecular weight is 329 g/mol. The van der Waals surface area contributed by atoms with Gasteiger partial charge in [-0.05, 0) is 39.8 Å². The Balaban J connectivity index is 2.26. The monoisotopic (exact) mass is 329 g/mol. The molecule has 1 atom stereocenters. The van der Waals surface area contributed by atoms with Gasteiger partial charge in [-0.15, -0.1) is 0 Å². The lowest BCUT2D eigenvalue weighted by Gasteiger charge is -2.17. The van der Waals surface area contributed by atoms with Crippen LogP contribution in [0.15, 0.2) is 30.6 Å². The molecule has 5 nitrogen and oxygen atoms in total. The average Bonchev–Trinajstić information content (AvgIpc) is 2.82. The first-order valence-electron chi connectivity index (χ1n) is 8.05. The molecule has 0 aromatic carbocycles. The van der Waals surface area contributed by atoms with E-state index in [4.69, 9.17) is 4.74 Å². The zero-order valence-electron chi connectivity index (χ0n) is 15.0. The Morgan fingerprint density at radius 3 is 2.67 bits per heavy atom. The van der Waals surface area contributed by atoms with Crippen molar-refractivity contribution >= 4 is 11.6 Å². The molecule has 0 fully saturated rings. The molecule has 0 spiro atoms. The van der Waals surface area contributed by atoms with Crippen LogP contribution < -0.4 is 4.57 Å². The number of aryl methyl sites for hydroxylation is 1. The van der Waals surface area contributed by atoms with Crippen LogP contribution in [-0.4, -0.2) is 29.9 Å². The highest BCUT2D eigenvalue weighted by atomic mass is 16.5. The Morgan fingerprint density at radius 2 is 2.04 bits per heavy atom. The molecule has 0 saturated heterocycles. The van der Waals surface area contributed by atoms with Crippen molar-refractivity contribution in [2.45, 2.75) is 40.3 Å². The molecule has 0 unspecified atom stereocenters. The number of Topliss-reactive ketones (excluding diaryl/α,β-unsaturated/α-hetero) is 2. The summed E-state index contributed by atoms with van der Waals surface area (Å²) in [4.78, 5) is 24.2. The number of carbonyl (C=O) groups is 2. The number of aromatic nitrogens is 2. The second-order valence-electron chi connectivity index (χ2n) is 6.20. The number of pyridine rings is 1. The number of nitrogens with zero attached hydrogens (tertiary/aromatic N) is 2. The fraction of sp³-hybridized carbons (Fsp3) is 0.421. The molecule has 2 aromatic rings. The van der Waals surface area contributed by atoms with Gasteiger partial charge in [0.2, 0.25) is 12.3 Å². The van der Waals surface area contributed by atoms with Crippen molar-refractivity contribution in [1.82, 2.24) is 4.57 Å². The van der Waals surface area contributed by atoms with Crippen molar-refractivity contribution < 1.29 is 18.9 Å². The summed E-state index contributed by atoms with van der Waals surface area (Å²) in [5.74, 6) is 0.0213. The van der Waals surface area contributed by atoms with Crippen molar-refractivity contribution in [3.63, 3.8) is 0 Å². The summed E-state index contributed by atoms with van der Waals surface area (Å²) in [6.45, 7) is 8.36. The first-order valence-corrected chi connectivity index (χ1v) is 8.05. The maximum Gasteiger partial charge on any atom is 0.229 e. The van der Waals surface area contributed by atoms with E-state index in [-0.39, 0.29) is 24.2 Å². The van der Waals surface area contributed by atoms with E-state index in [1.165, 1.54) is 6.92 Å². The smallest absolute Gasteiger partial charge is 0.229 e. The maximum absolute atomic E-state index is 12.7. The van der Waals surface area contributed by atoms with E-state index in [0.717, 1.165) is 17.0 Å². The van der Waals surface area contributed by atoms with Crippen molar-refractivity contribution in [2.75, 3.05) is 13.7 Å². The molecular formula is C19H25N2O3+. The van der Waals surface area contributed by atoms with E-state index in [1.54, 1.807) is 36.2 Å². The van der Waals surface area contributed by atoms with Crippen LogP contribution in [0.4, 0.5) is 0 Å². The standard InChI is InChI=1S/C19H25N2O3/c1-13-9-18(15(3)21(13)14(2)12-24-5)19(23)11-20-8-6-7-17(10-20)16(4)22/h6-10,14H,11-12H2,1-5H3/q+1/t14-/m1/s1. The van der Waals surface area contributed by atoms with E-state index in [9.17, 15) is 9.59 Å². The molecule has 128 valence electrons. The van der Waals surface area contributed by atoms with Gasteiger partial charge in [0.15, 0.2) is 18.2 Å². The Bertz CT molecular complexity index is 762. The molecule has 0 bridgehead atoms. The van der Waals surface area contributed by atoms with E-state index in [0.29, 0.717) is 12.2 Å². The minimum absolute atomic E-state index is 0.0108. The fourth-order valence-electron chi connectivity index (χ4n) is 3.13. The normalized spacial score (nSPS) is 12.2. The van der Waals surface area contributed by atoms with Gasteiger partial charge in [-0.1, -0.05) is 0 Å². The molecule has 0 aliphatic carbocycles. The van der Waals surface area contributed by atoms with Crippen molar-refractivity contribution in [2.24, 2.45) is 0 Å². The third kappa shape index (κ3) is 3.79. The van der Waals surface area contributed by atoms with Crippen LogP contribution in [0.25, 0.3) is 0 Å². The predicted octanol–water partition coefficient (Wildman–Crippen LogP) is 2.69. The first-order chi connectivity index (χ1) is 11.3. The molecule has 0 amide bonds. The highest BCUT2D eigenvalue weighted by Crippen LogP contribution is 2.21. The van der Waals surface area contributed by atoms with Crippen molar-refractivity contribution in [1.29, 1.82) is 0 Å². The molecule has 0 saturated carbocycles. The molecule has 24 heavy (non-hydrogen) atoms. The number of ketones is 2. The van der Waals surface area contributed by atoms with Gasteiger partial charge in [0.25, 0.3) is 0 Å². The van der Waals surface area contributed by atoms with Crippen molar-refractivity contribution in [3.05, 3.63) is 53.1 Å². The molecule has 2 heterocycles. The second kappa shape index (κ2) is 7.53. The number of hydrogen-bond donors (Lipinski definition) is 0. The minimum Gasteiger partial charge on any atom is -0.383 e. The van der Waals surface area contributed by atoms with E-state index in [2.05, 4.69) is 11.5 Å². The van der Waals surface area contributed by atoms with Gasteiger partial charge < -0.3 is 9.30 Å². The molecule has 2 rings (SSSR count). The van der Waals surface area contributed by atoms with Gasteiger partial charge in [-0.25, -0.2) is 0 Å². The Kier molecular flexibility index (Phi) is 5.67. The SMILES string of the molecule is COC[C@@H](C)n1c(C)cc(C(=O)C[n+]2cccc(C(C)=O)c2)c1C. The summed E-state index contributed by atoms with van der Waals surface area (Å²) in [7, 11) is 1.68. The summed E-state index contributed by atoms with van der Waals surface area (Å²) in [6.07, 6.45) is 3.52. The molecule has 0 aliphatic rings. The highest BCUT2D eigenvalue weighted by molar-refractivity contribution is 5.96. The molecule has 0 N–H and O–H groups in total. The van der Waals surface area contributed by atoms with Gasteiger partial charge in [-0.3, -0.25) is 9.59 Å². The van der Waals surface area contributed by atoms with Crippen LogP contribution in [0.5, 0.6) is 0 Å². The van der Waals surface area contributed by atoms with Crippen LogP contribution in [0.2, 0.25) is 0 Å². The van der Waals surface area contributed by atoms with Crippen molar-refractivity contribution in [3.8, 4) is 0 Å². The maximum atomic E-state index is 12.7. The quantitative estimate of drug-likeness (QED) is 0.580. The fourth-order valence-corrected chi connectivity index (χ4v) is 3.13. The molecule has 2 aromatic heterocycles. The summed E-state index contributed by atoms with van der Waals surface area (Å²) in [5, 5.41) is 0. The summed E-state index contributed by atoms with van der Waals surface area (Å²) in [6, 6.07) is 5.64. The number of methoxy groups -OCH3 is 1. The van der Waals surface area contributed by atoms with Crippen LogP contribution in [0.3, 0.4) is 0 Å². The third-order valence-corrected chi connectivity index (χ3v) is 4.22. The number of rotatable bonds is 7. The summed E-state index contributed by atoms with van der Waals surface area (Å²) >= 11 is 0. The van der Waals surface area contributed by atoms with Gasteiger partial charge in [-0.2, -0.15) is 4.57 Å².